The van der Waals surface area contributed by atoms with Crippen LogP contribution in [0.2, 0.25) is 10.0 Å². The zero-order valence-electron chi connectivity index (χ0n) is 19.2. The number of benzene rings is 2. The normalized spacial score (nSPS) is 12.8. The first-order valence-electron chi connectivity index (χ1n) is 10.9. The van der Waals surface area contributed by atoms with Crippen LogP contribution < -0.4 is 5.32 Å². The smallest absolute Gasteiger partial charge is 0.243 e. The summed E-state index contributed by atoms with van der Waals surface area (Å²) in [6, 6.07) is 13.0. The van der Waals surface area contributed by atoms with Crippen LogP contribution in [0.1, 0.15) is 50.3 Å². The highest BCUT2D eigenvalue weighted by Crippen LogP contribution is 2.28. The van der Waals surface area contributed by atoms with Gasteiger partial charge < -0.3 is 10.2 Å². The van der Waals surface area contributed by atoms with Crippen LogP contribution in [-0.2, 0) is 21.9 Å². The molecule has 2 rings (SSSR count). The van der Waals surface area contributed by atoms with Gasteiger partial charge in [0.05, 0.1) is 5.75 Å². The number of rotatable bonds is 11. The fourth-order valence-electron chi connectivity index (χ4n) is 3.24. The van der Waals surface area contributed by atoms with Crippen LogP contribution in [0.5, 0.6) is 0 Å². The number of carbonyl (C=O) groups excluding carboxylic acids is 2. The number of aryl methyl sites for hydroxylation is 1. The molecular formula is C25H32Cl2N2O2S. The highest BCUT2D eigenvalue weighted by Gasteiger charge is 2.29. The number of thioether (sulfide) groups is 1. The molecule has 0 aliphatic rings. The van der Waals surface area contributed by atoms with Crippen molar-refractivity contribution in [3.63, 3.8) is 0 Å². The van der Waals surface area contributed by atoms with Gasteiger partial charge in [-0.25, -0.2) is 0 Å². The maximum absolute atomic E-state index is 13.3. The lowest BCUT2D eigenvalue weighted by molar-refractivity contribution is -0.139. The van der Waals surface area contributed by atoms with Crippen molar-refractivity contribution in [3.05, 3.63) is 69.2 Å². The van der Waals surface area contributed by atoms with E-state index >= 15 is 0 Å². The summed E-state index contributed by atoms with van der Waals surface area (Å²) in [6.45, 7) is 8.35. The predicted molar refractivity (Wildman–Crippen MR) is 136 cm³/mol. The zero-order valence-corrected chi connectivity index (χ0v) is 21.5. The number of nitrogens with one attached hydrogen (secondary N) is 1. The van der Waals surface area contributed by atoms with E-state index in [1.54, 1.807) is 23.1 Å². The van der Waals surface area contributed by atoms with E-state index in [1.807, 2.05) is 52.0 Å². The van der Waals surface area contributed by atoms with Gasteiger partial charge in [-0.2, -0.15) is 0 Å². The molecule has 0 radical (unpaired) electrons. The SMILES string of the molecule is CC[C@H](C)NC(=O)[C@H](CC)N(Cc1ccc(C)cc1)C(=O)CSCc1c(Cl)cccc1Cl. The summed E-state index contributed by atoms with van der Waals surface area (Å²) < 4.78 is 0. The lowest BCUT2D eigenvalue weighted by atomic mass is 10.1. The maximum atomic E-state index is 13.3. The van der Waals surface area contributed by atoms with Crippen molar-refractivity contribution in [2.45, 2.75) is 64.9 Å². The molecule has 0 aliphatic carbocycles. The van der Waals surface area contributed by atoms with E-state index in [4.69, 9.17) is 23.2 Å². The van der Waals surface area contributed by atoms with E-state index in [1.165, 1.54) is 11.8 Å². The summed E-state index contributed by atoms with van der Waals surface area (Å²) in [5.41, 5.74) is 2.97. The lowest BCUT2D eigenvalue weighted by Gasteiger charge is -2.31. The van der Waals surface area contributed by atoms with Gasteiger partial charge >= 0.3 is 0 Å². The average Bonchev–Trinajstić information content (AvgIpc) is 2.76. The molecule has 0 fully saturated rings. The minimum atomic E-state index is -0.526. The Hall–Kier alpha value is -1.69. The number of amides is 2. The summed E-state index contributed by atoms with van der Waals surface area (Å²) in [5.74, 6) is 0.574. The first kappa shape index (κ1) is 26.6. The minimum Gasteiger partial charge on any atom is -0.352 e. The van der Waals surface area contributed by atoms with Gasteiger partial charge in [0.25, 0.3) is 0 Å². The van der Waals surface area contributed by atoms with Crippen molar-refractivity contribution in [2.75, 3.05) is 5.75 Å². The van der Waals surface area contributed by atoms with Crippen molar-refractivity contribution in [2.24, 2.45) is 0 Å². The van der Waals surface area contributed by atoms with Crippen LogP contribution in [0.25, 0.3) is 0 Å². The van der Waals surface area contributed by atoms with Crippen LogP contribution in [-0.4, -0.2) is 34.6 Å². The number of halogens is 2. The Morgan fingerprint density at radius 3 is 2.22 bits per heavy atom. The molecule has 7 heteroatoms. The molecule has 4 nitrogen and oxygen atoms in total. The highest BCUT2D eigenvalue weighted by molar-refractivity contribution is 7.99. The summed E-state index contributed by atoms with van der Waals surface area (Å²) in [5, 5.41) is 4.22. The molecule has 0 saturated heterocycles. The Morgan fingerprint density at radius 2 is 1.66 bits per heavy atom. The fraction of sp³-hybridized carbons (Fsp3) is 0.440. The van der Waals surface area contributed by atoms with Crippen LogP contribution in [0.15, 0.2) is 42.5 Å². The Bertz CT molecular complexity index is 885. The molecule has 0 saturated carbocycles. The molecule has 0 bridgehead atoms. The Kier molecular flexibility index (Phi) is 10.9. The maximum Gasteiger partial charge on any atom is 0.243 e. The average molecular weight is 496 g/mol. The number of hydrogen-bond acceptors (Lipinski definition) is 3. The van der Waals surface area contributed by atoms with Gasteiger partial charge in [0.2, 0.25) is 11.8 Å². The molecule has 0 unspecified atom stereocenters. The second-order valence-electron chi connectivity index (χ2n) is 7.94. The quantitative estimate of drug-likeness (QED) is 0.401. The van der Waals surface area contributed by atoms with E-state index in [2.05, 4.69) is 5.32 Å². The van der Waals surface area contributed by atoms with Gasteiger partial charge in [-0.05, 0) is 49.9 Å². The van der Waals surface area contributed by atoms with Crippen molar-refractivity contribution >= 4 is 46.8 Å². The van der Waals surface area contributed by atoms with Crippen LogP contribution in [0.3, 0.4) is 0 Å². The van der Waals surface area contributed by atoms with Gasteiger partial charge in [0.1, 0.15) is 6.04 Å². The van der Waals surface area contributed by atoms with E-state index in [-0.39, 0.29) is 23.6 Å². The highest BCUT2D eigenvalue weighted by atomic mass is 35.5. The monoisotopic (exact) mass is 494 g/mol. The van der Waals surface area contributed by atoms with Crippen molar-refractivity contribution in [3.8, 4) is 0 Å². The molecule has 2 aromatic carbocycles. The molecule has 2 aromatic rings. The van der Waals surface area contributed by atoms with Crippen molar-refractivity contribution in [1.82, 2.24) is 10.2 Å². The number of hydrogen-bond donors (Lipinski definition) is 1. The molecule has 32 heavy (non-hydrogen) atoms. The van der Waals surface area contributed by atoms with E-state index in [9.17, 15) is 9.59 Å². The van der Waals surface area contributed by atoms with E-state index in [0.29, 0.717) is 28.8 Å². The van der Waals surface area contributed by atoms with Gasteiger partial charge in [0.15, 0.2) is 0 Å². The first-order valence-corrected chi connectivity index (χ1v) is 12.8. The molecule has 0 spiro atoms. The molecular weight excluding hydrogens is 463 g/mol. The Balaban J connectivity index is 2.16. The molecule has 0 aromatic heterocycles. The first-order chi connectivity index (χ1) is 15.3. The van der Waals surface area contributed by atoms with Crippen molar-refractivity contribution < 1.29 is 9.59 Å². The lowest BCUT2D eigenvalue weighted by Crippen LogP contribution is -2.51. The Morgan fingerprint density at radius 1 is 1.03 bits per heavy atom. The summed E-state index contributed by atoms with van der Waals surface area (Å²) in [6.07, 6.45) is 1.38. The summed E-state index contributed by atoms with van der Waals surface area (Å²) in [7, 11) is 0. The molecule has 2 amide bonds. The third-order valence-electron chi connectivity index (χ3n) is 5.39. The second kappa shape index (κ2) is 13.1. The van der Waals surface area contributed by atoms with Gasteiger partial charge in [-0.3, -0.25) is 9.59 Å². The molecule has 2 atom stereocenters. The van der Waals surface area contributed by atoms with Crippen LogP contribution >= 0.6 is 35.0 Å². The largest absolute Gasteiger partial charge is 0.352 e. The Labute approximate surface area is 206 Å². The summed E-state index contributed by atoms with van der Waals surface area (Å²) >= 11 is 14.0. The molecule has 0 aliphatic heterocycles. The topological polar surface area (TPSA) is 49.4 Å². The predicted octanol–water partition coefficient (Wildman–Crippen LogP) is 6.26. The standard InChI is InChI=1S/C25H32Cl2N2O2S/c1-5-18(4)28-25(31)23(6-2)29(14-19-12-10-17(3)11-13-19)24(30)16-32-15-20-21(26)8-7-9-22(20)27/h7-13,18,23H,5-6,14-16H2,1-4H3,(H,28,31)/t18-,23-/m0/s1. The van der Waals surface area contributed by atoms with E-state index in [0.717, 1.165) is 23.1 Å². The molecule has 1 N–H and O–H groups in total. The zero-order chi connectivity index (χ0) is 23.7. The third kappa shape index (κ3) is 7.72. The molecule has 0 heterocycles. The van der Waals surface area contributed by atoms with Crippen molar-refractivity contribution in [1.29, 1.82) is 0 Å². The van der Waals surface area contributed by atoms with Gasteiger partial charge in [0, 0.05) is 28.4 Å². The summed E-state index contributed by atoms with van der Waals surface area (Å²) in [4.78, 5) is 28.0. The fourth-order valence-corrected chi connectivity index (χ4v) is 4.89. The molecule has 174 valence electrons. The van der Waals surface area contributed by atoms with Crippen LogP contribution in [0, 0.1) is 6.92 Å². The third-order valence-corrected chi connectivity index (χ3v) is 7.05. The second-order valence-corrected chi connectivity index (χ2v) is 9.74. The van der Waals surface area contributed by atoms with E-state index < -0.39 is 6.04 Å². The van der Waals surface area contributed by atoms with Crippen LogP contribution in [0.4, 0.5) is 0 Å². The minimum absolute atomic E-state index is 0.0598. The number of carbonyl (C=O) groups is 2. The van der Waals surface area contributed by atoms with Gasteiger partial charge in [-0.1, -0.05) is 72.9 Å². The van der Waals surface area contributed by atoms with Gasteiger partial charge in [-0.15, -0.1) is 11.8 Å². The number of nitrogens with zero attached hydrogens (tertiary/aromatic N) is 1.